The van der Waals surface area contributed by atoms with E-state index in [1.165, 1.54) is 23.8 Å². The van der Waals surface area contributed by atoms with Crippen LogP contribution in [-0.2, 0) is 55.5 Å². The van der Waals surface area contributed by atoms with Crippen LogP contribution in [0.3, 0.4) is 0 Å². The molecule has 1 aromatic carbocycles. The number of amides is 7. The number of esters is 1. The Balaban J connectivity index is 1.94. The van der Waals surface area contributed by atoms with Crippen molar-refractivity contribution in [3.8, 4) is 0 Å². The first-order valence-electron chi connectivity index (χ1n) is 22.3. The van der Waals surface area contributed by atoms with E-state index in [2.05, 4.69) is 16.0 Å². The van der Waals surface area contributed by atoms with Gasteiger partial charge in [0.25, 0.3) is 11.8 Å². The number of likely N-dealkylation sites (N-methyl/N-ethyl adjacent to an activating group) is 2. The first-order chi connectivity index (χ1) is 30.2. The molecular weight excluding hydrogens is 847 g/mol. The number of para-hydroxylation sites is 1. The molecule has 0 saturated heterocycles. The lowest BCUT2D eigenvalue weighted by Gasteiger charge is -2.42. The second-order valence-corrected chi connectivity index (χ2v) is 21.0. The molecule has 0 unspecified atom stereocenters. The summed E-state index contributed by atoms with van der Waals surface area (Å²) in [7, 11) is 5.00. The van der Waals surface area contributed by atoms with Crippen LogP contribution in [0.5, 0.6) is 0 Å². The fourth-order valence-corrected chi connectivity index (χ4v) is 7.79. The molecule has 66 heavy (non-hydrogen) atoms. The highest BCUT2D eigenvalue weighted by atomic mass is 16.6. The van der Waals surface area contributed by atoms with Gasteiger partial charge in [-0.1, -0.05) is 72.7 Å². The van der Waals surface area contributed by atoms with Crippen LogP contribution < -0.4 is 16.0 Å². The molecule has 2 aromatic rings. The maximum absolute atomic E-state index is 14.9. The molecule has 1 aliphatic heterocycles. The van der Waals surface area contributed by atoms with Crippen molar-refractivity contribution in [3.05, 3.63) is 59.8 Å². The topological polar surface area (TPSA) is 206 Å². The monoisotopic (exact) mass is 920 g/mol. The van der Waals surface area contributed by atoms with Crippen LogP contribution in [-0.4, -0.2) is 129 Å². The normalized spacial score (nSPS) is 15.5. The van der Waals surface area contributed by atoms with E-state index in [1.54, 1.807) is 54.7 Å². The molecule has 0 aliphatic carbocycles. The van der Waals surface area contributed by atoms with Crippen molar-refractivity contribution in [2.24, 2.45) is 18.4 Å². The Hall–Kier alpha value is -6.00. The molecule has 2 heterocycles. The molecule has 0 bridgehead atoms. The minimum Gasteiger partial charge on any atom is -0.458 e. The third kappa shape index (κ3) is 14.0. The summed E-state index contributed by atoms with van der Waals surface area (Å²) in [6, 6.07) is 3.37. The van der Waals surface area contributed by atoms with Crippen LogP contribution in [0.15, 0.2) is 54.3 Å². The smallest absolute Gasteiger partial charge is 0.410 e. The highest BCUT2D eigenvalue weighted by molar-refractivity contribution is 6.13. The number of hydrogen-bond donors (Lipinski definition) is 3. The zero-order chi connectivity index (χ0) is 50.4. The number of ether oxygens (including phenoxy) is 2. The van der Waals surface area contributed by atoms with Crippen molar-refractivity contribution >= 4 is 58.4 Å². The summed E-state index contributed by atoms with van der Waals surface area (Å²) in [4.78, 5) is 111. The van der Waals surface area contributed by atoms with Gasteiger partial charge in [-0.3, -0.25) is 38.6 Å². The maximum Gasteiger partial charge on any atom is 0.410 e. The van der Waals surface area contributed by atoms with Crippen LogP contribution in [0.25, 0.3) is 10.9 Å². The number of aromatic nitrogens is 1. The number of fused-ring (bicyclic) bond motifs is 1. The SMILES string of the molecule is C/C(=C\[C@H](C(C)C)N(C)C(=O)[C@@H](NC(=O)[C@@H](N(C)C(=O)OC(C)(C)C)C(C)(C)c1cn(C)c2ccccc12)C(C)(C)C)C(=O)N[C@@H](CC(=O)NCCN1C(=O)C=CC1=O)C(=O)OC(C)(C)C. The van der Waals surface area contributed by atoms with E-state index in [-0.39, 0.29) is 24.6 Å². The van der Waals surface area contributed by atoms with Crippen LogP contribution in [0, 0.1) is 11.3 Å². The number of carbonyl (C=O) groups excluding carboxylic acids is 8. The van der Waals surface area contributed by atoms with Crippen molar-refractivity contribution in [3.63, 3.8) is 0 Å². The molecule has 7 amide bonds. The first kappa shape index (κ1) is 54.3. The van der Waals surface area contributed by atoms with Crippen molar-refractivity contribution in [2.45, 2.75) is 144 Å². The number of imide groups is 1. The largest absolute Gasteiger partial charge is 0.458 e. The van der Waals surface area contributed by atoms with Gasteiger partial charge in [0.2, 0.25) is 23.6 Å². The Bertz CT molecular complexity index is 2220. The van der Waals surface area contributed by atoms with E-state index in [9.17, 15) is 38.4 Å². The van der Waals surface area contributed by atoms with Gasteiger partial charge in [-0.15, -0.1) is 0 Å². The standard InChI is InChI=1S/C49H73N7O10/c1-29(2)35(26-30(3)41(60)51-33(44(63)65-47(7,8)9)27-36(57)50-24-25-56-37(58)22-23-38(56)59)54(16)43(62)39(46(4,5)6)52-42(61)40(55(17)45(64)66-48(10,11)12)49(13,14)32-28-53(15)34-21-19-18-20-31(32)34/h18-23,26,28-29,33,35,39-40H,24-25,27H2,1-17H3,(H,50,57)(H,51,60)(H,52,61)/b30-26+/t33-,35+,39+,40+/m0/s1. The van der Waals surface area contributed by atoms with Crippen molar-refractivity contribution < 1.29 is 47.8 Å². The number of carbonyl (C=O) groups is 8. The van der Waals surface area contributed by atoms with E-state index in [1.807, 2.05) is 90.5 Å². The molecule has 1 aromatic heterocycles. The van der Waals surface area contributed by atoms with Gasteiger partial charge < -0.3 is 34.9 Å². The average Bonchev–Trinajstić information content (AvgIpc) is 3.70. The number of benzene rings is 1. The number of rotatable bonds is 17. The van der Waals surface area contributed by atoms with E-state index in [0.29, 0.717) is 0 Å². The molecule has 17 nitrogen and oxygen atoms in total. The van der Waals surface area contributed by atoms with E-state index in [4.69, 9.17) is 9.47 Å². The Morgan fingerprint density at radius 3 is 1.89 bits per heavy atom. The lowest BCUT2D eigenvalue weighted by Crippen LogP contribution is -2.63. The Labute approximate surface area is 390 Å². The quantitative estimate of drug-likeness (QED) is 0.111. The highest BCUT2D eigenvalue weighted by Gasteiger charge is 2.47. The number of nitrogens with one attached hydrogen (secondary N) is 3. The predicted molar refractivity (Wildman–Crippen MR) is 252 cm³/mol. The summed E-state index contributed by atoms with van der Waals surface area (Å²) in [6.07, 6.45) is 4.57. The minimum atomic E-state index is -1.42. The Morgan fingerprint density at radius 1 is 0.803 bits per heavy atom. The van der Waals surface area contributed by atoms with Gasteiger partial charge >= 0.3 is 12.1 Å². The molecule has 4 atom stereocenters. The van der Waals surface area contributed by atoms with Crippen molar-refractivity contribution in [1.29, 1.82) is 0 Å². The molecule has 0 radical (unpaired) electrons. The second kappa shape index (κ2) is 21.1. The Morgan fingerprint density at radius 2 is 1.36 bits per heavy atom. The molecule has 3 rings (SSSR count). The van der Waals surface area contributed by atoms with Gasteiger partial charge in [0, 0.05) is 74.5 Å². The van der Waals surface area contributed by atoms with E-state index >= 15 is 0 Å². The van der Waals surface area contributed by atoms with Crippen molar-refractivity contribution in [2.75, 3.05) is 27.2 Å². The summed E-state index contributed by atoms with van der Waals surface area (Å²) >= 11 is 0. The third-order valence-electron chi connectivity index (χ3n) is 11.2. The highest BCUT2D eigenvalue weighted by Crippen LogP contribution is 2.37. The lowest BCUT2D eigenvalue weighted by molar-refractivity contribution is -0.159. The summed E-state index contributed by atoms with van der Waals surface area (Å²) in [6.45, 7) is 24.5. The van der Waals surface area contributed by atoms with Crippen LogP contribution in [0.1, 0.15) is 109 Å². The maximum atomic E-state index is 14.9. The molecule has 17 heteroatoms. The zero-order valence-electron chi connectivity index (χ0n) is 42.0. The number of aryl methyl sites for hydroxylation is 1. The molecular formula is C49H73N7O10. The number of nitrogens with zero attached hydrogens (tertiary/aromatic N) is 4. The van der Waals surface area contributed by atoms with Gasteiger partial charge in [-0.05, 0) is 71.4 Å². The average molecular weight is 920 g/mol. The van der Waals surface area contributed by atoms with Gasteiger partial charge in [0.05, 0.1) is 12.5 Å². The van der Waals surface area contributed by atoms with Gasteiger partial charge in [0.1, 0.15) is 29.3 Å². The van der Waals surface area contributed by atoms with Crippen LogP contribution in [0.2, 0.25) is 0 Å². The van der Waals surface area contributed by atoms with Crippen LogP contribution >= 0.6 is 0 Å². The molecule has 0 fully saturated rings. The van der Waals surface area contributed by atoms with Crippen LogP contribution in [0.4, 0.5) is 4.79 Å². The van der Waals surface area contributed by atoms with Gasteiger partial charge in [-0.25, -0.2) is 9.59 Å². The molecule has 0 saturated carbocycles. The molecule has 3 N–H and O–H groups in total. The predicted octanol–water partition coefficient (Wildman–Crippen LogP) is 4.91. The number of hydrogen-bond acceptors (Lipinski definition) is 10. The van der Waals surface area contributed by atoms with Gasteiger partial charge in [0.15, 0.2) is 0 Å². The fraction of sp³-hybridized carbons (Fsp3) is 0.592. The first-order valence-corrected chi connectivity index (χ1v) is 22.3. The summed E-state index contributed by atoms with van der Waals surface area (Å²) < 4.78 is 13.3. The molecule has 0 spiro atoms. The van der Waals surface area contributed by atoms with E-state index < -0.39 is 100 Å². The zero-order valence-corrected chi connectivity index (χ0v) is 42.0. The fourth-order valence-electron chi connectivity index (χ4n) is 7.79. The second-order valence-electron chi connectivity index (χ2n) is 21.0. The Kier molecular flexibility index (Phi) is 17.4. The van der Waals surface area contributed by atoms with Gasteiger partial charge in [-0.2, -0.15) is 0 Å². The van der Waals surface area contributed by atoms with Crippen molar-refractivity contribution in [1.82, 2.24) is 35.2 Å². The summed E-state index contributed by atoms with van der Waals surface area (Å²) in [5.74, 6) is -4.51. The third-order valence-corrected chi connectivity index (χ3v) is 11.2. The molecule has 1 aliphatic rings. The lowest BCUT2D eigenvalue weighted by atomic mass is 9.76. The minimum absolute atomic E-state index is 0.0819. The van der Waals surface area contributed by atoms with E-state index in [0.717, 1.165) is 33.5 Å². The summed E-state index contributed by atoms with van der Waals surface area (Å²) in [5, 5.41) is 9.12. The summed E-state index contributed by atoms with van der Waals surface area (Å²) in [5.41, 5.74) is -1.81. The molecule has 364 valence electrons.